The van der Waals surface area contributed by atoms with Crippen molar-refractivity contribution >= 4 is 21.7 Å². The van der Waals surface area contributed by atoms with Crippen LogP contribution in [0.25, 0.3) is 0 Å². The molecule has 1 aliphatic carbocycles. The van der Waals surface area contributed by atoms with Crippen molar-refractivity contribution in [2.75, 3.05) is 17.7 Å². The second-order valence-corrected chi connectivity index (χ2v) is 8.63. The molecule has 10 heteroatoms. The molecule has 1 heterocycles. The number of halogens is 3. The second-order valence-electron chi connectivity index (χ2n) is 7.03. The van der Waals surface area contributed by atoms with Gasteiger partial charge in [-0.25, -0.2) is 0 Å². The third kappa shape index (κ3) is 4.73. The number of hydrogen-bond acceptors (Lipinski definition) is 5. The Balaban J connectivity index is 1.65. The highest BCUT2D eigenvalue weighted by molar-refractivity contribution is 7.86. The number of hydrogen-bond donors (Lipinski definition) is 0. The lowest BCUT2D eigenvalue weighted by molar-refractivity contribution is -0.274. The highest BCUT2D eigenvalue weighted by Gasteiger charge is 2.49. The van der Waals surface area contributed by atoms with Gasteiger partial charge in [0.2, 0.25) is 5.91 Å². The molecule has 1 saturated heterocycles. The first-order valence-electron chi connectivity index (χ1n) is 8.54. The molecule has 0 atom stereocenters. The van der Waals surface area contributed by atoms with E-state index in [1.54, 1.807) is 4.90 Å². The Kier molecular flexibility index (Phi) is 5.15. The van der Waals surface area contributed by atoms with Crippen molar-refractivity contribution in [3.05, 3.63) is 24.3 Å². The Labute approximate surface area is 155 Å². The summed E-state index contributed by atoms with van der Waals surface area (Å²) in [6.07, 6.45) is -1.54. The molecular weight excluding hydrogens is 387 g/mol. The molecule has 27 heavy (non-hydrogen) atoms. The maximum Gasteiger partial charge on any atom is 0.573 e. The van der Waals surface area contributed by atoms with E-state index < -0.39 is 28.0 Å². The average molecular weight is 407 g/mol. The van der Waals surface area contributed by atoms with Crippen molar-refractivity contribution in [1.29, 1.82) is 0 Å². The first-order valence-corrected chi connectivity index (χ1v) is 10.4. The van der Waals surface area contributed by atoms with Crippen molar-refractivity contribution < 1.29 is 35.3 Å². The molecule has 1 aromatic rings. The van der Waals surface area contributed by atoms with E-state index in [1.807, 2.05) is 0 Å². The van der Waals surface area contributed by atoms with E-state index in [0.29, 0.717) is 44.3 Å². The molecule has 1 aliphatic heterocycles. The quantitative estimate of drug-likeness (QED) is 0.717. The fraction of sp³-hybridized carbons (Fsp3) is 0.588. The van der Waals surface area contributed by atoms with Crippen LogP contribution in [0.2, 0.25) is 0 Å². The first kappa shape index (κ1) is 19.9. The topological polar surface area (TPSA) is 72.9 Å². The third-order valence-electron chi connectivity index (χ3n) is 5.10. The molecule has 150 valence electrons. The van der Waals surface area contributed by atoms with Gasteiger partial charge in [0.15, 0.2) is 0 Å². The first-order chi connectivity index (χ1) is 12.5. The molecule has 0 N–H and O–H groups in total. The van der Waals surface area contributed by atoms with E-state index in [4.69, 9.17) is 4.18 Å². The largest absolute Gasteiger partial charge is 0.573 e. The van der Waals surface area contributed by atoms with Crippen LogP contribution in [0.4, 0.5) is 18.9 Å². The molecule has 1 amide bonds. The number of ether oxygens (including phenoxy) is 1. The summed E-state index contributed by atoms with van der Waals surface area (Å²) in [4.78, 5) is 14.5. The number of alkyl halides is 3. The summed E-state index contributed by atoms with van der Waals surface area (Å²) in [5.41, 5.74) is -0.0423. The van der Waals surface area contributed by atoms with Crippen LogP contribution in [-0.4, -0.2) is 39.6 Å². The number of benzene rings is 1. The minimum atomic E-state index is -4.76. The van der Waals surface area contributed by atoms with Gasteiger partial charge in [-0.15, -0.1) is 13.2 Å². The molecule has 2 aliphatic rings. The Hall–Kier alpha value is -1.81. The molecule has 0 radical (unpaired) electrons. The molecule has 0 bridgehead atoms. The predicted molar refractivity (Wildman–Crippen MR) is 90.7 cm³/mol. The van der Waals surface area contributed by atoms with Crippen LogP contribution in [0.5, 0.6) is 5.75 Å². The van der Waals surface area contributed by atoms with Crippen LogP contribution in [-0.2, 0) is 19.1 Å². The monoisotopic (exact) mass is 407 g/mol. The number of carbonyl (C=O) groups excluding carboxylic acids is 1. The summed E-state index contributed by atoms with van der Waals surface area (Å²) in [6, 6.07) is 5.21. The fourth-order valence-corrected chi connectivity index (χ4v) is 4.53. The van der Waals surface area contributed by atoms with Gasteiger partial charge in [0.25, 0.3) is 10.1 Å². The maximum absolute atomic E-state index is 12.9. The fourth-order valence-electron chi connectivity index (χ4n) is 3.85. The van der Waals surface area contributed by atoms with Gasteiger partial charge >= 0.3 is 6.36 Å². The minimum Gasteiger partial charge on any atom is -0.406 e. The standard InChI is InChI=1S/C17H20F3NO5S/c1-27(23,24)26-14-6-8-16(9-7-14)10-11-21(15(16)22)12-2-4-13(5-3-12)25-17(18,19)20/h2-5,14H,6-11H2,1H3/t14-,16-. The van der Waals surface area contributed by atoms with E-state index in [0.717, 1.165) is 6.26 Å². The van der Waals surface area contributed by atoms with Crippen molar-refractivity contribution in [3.8, 4) is 5.75 Å². The van der Waals surface area contributed by atoms with Gasteiger partial charge in [-0.2, -0.15) is 8.42 Å². The number of carbonyl (C=O) groups is 1. The van der Waals surface area contributed by atoms with Crippen molar-refractivity contribution in [2.24, 2.45) is 5.41 Å². The van der Waals surface area contributed by atoms with Crippen LogP contribution >= 0.6 is 0 Å². The average Bonchev–Trinajstić information content (AvgIpc) is 2.85. The van der Waals surface area contributed by atoms with Gasteiger partial charge in [0, 0.05) is 12.2 Å². The van der Waals surface area contributed by atoms with Crippen LogP contribution in [0.15, 0.2) is 24.3 Å². The van der Waals surface area contributed by atoms with E-state index >= 15 is 0 Å². The highest BCUT2D eigenvalue weighted by atomic mass is 32.2. The summed E-state index contributed by atoms with van der Waals surface area (Å²) in [5, 5.41) is 0. The lowest BCUT2D eigenvalue weighted by Gasteiger charge is -2.35. The molecule has 2 fully saturated rings. The zero-order valence-corrected chi connectivity index (χ0v) is 15.5. The van der Waals surface area contributed by atoms with Crippen molar-refractivity contribution in [1.82, 2.24) is 0 Å². The molecule has 6 nitrogen and oxygen atoms in total. The number of anilines is 1. The zero-order chi connectivity index (χ0) is 19.9. The van der Waals surface area contributed by atoms with Crippen LogP contribution in [0.3, 0.4) is 0 Å². The van der Waals surface area contributed by atoms with Gasteiger partial charge in [-0.3, -0.25) is 8.98 Å². The van der Waals surface area contributed by atoms with Crippen LogP contribution in [0.1, 0.15) is 32.1 Å². The third-order valence-corrected chi connectivity index (χ3v) is 5.72. The maximum atomic E-state index is 12.9. The van der Waals surface area contributed by atoms with E-state index in [-0.39, 0.29) is 11.7 Å². The van der Waals surface area contributed by atoms with Gasteiger partial charge in [-0.1, -0.05) is 0 Å². The van der Waals surface area contributed by atoms with E-state index in [2.05, 4.69) is 4.74 Å². The number of amides is 1. The van der Waals surface area contributed by atoms with Crippen LogP contribution in [0, 0.1) is 5.41 Å². The smallest absolute Gasteiger partial charge is 0.406 e. The van der Waals surface area contributed by atoms with Gasteiger partial charge in [-0.05, 0) is 56.4 Å². The lowest BCUT2D eigenvalue weighted by atomic mass is 9.72. The SMILES string of the molecule is CS(=O)(=O)O[C@H]1CC[C@@]2(CCN(c3ccc(OC(F)(F)F)cc3)C2=O)CC1. The Bertz CT molecular complexity index is 799. The Morgan fingerprint density at radius 2 is 1.70 bits per heavy atom. The molecule has 1 aromatic carbocycles. The number of nitrogens with zero attached hydrogens (tertiary/aromatic N) is 1. The van der Waals surface area contributed by atoms with Gasteiger partial charge in [0.1, 0.15) is 5.75 Å². The molecular formula is C17H20F3NO5S. The molecule has 1 saturated carbocycles. The Morgan fingerprint density at radius 1 is 1.11 bits per heavy atom. The normalized spacial score (nSPS) is 26.6. The Morgan fingerprint density at radius 3 is 2.22 bits per heavy atom. The minimum absolute atomic E-state index is 0.0789. The summed E-state index contributed by atoms with van der Waals surface area (Å²) in [6.45, 7) is 0.468. The predicted octanol–water partition coefficient (Wildman–Crippen LogP) is 3.23. The second kappa shape index (κ2) is 6.97. The number of rotatable bonds is 4. The summed E-state index contributed by atoms with van der Waals surface area (Å²) < 4.78 is 68.1. The van der Waals surface area contributed by atoms with Crippen molar-refractivity contribution in [3.63, 3.8) is 0 Å². The molecule has 1 spiro atoms. The molecule has 0 unspecified atom stereocenters. The molecule has 3 rings (SSSR count). The van der Waals surface area contributed by atoms with Crippen LogP contribution < -0.4 is 9.64 Å². The summed E-state index contributed by atoms with van der Waals surface area (Å²) >= 11 is 0. The summed E-state index contributed by atoms with van der Waals surface area (Å²) in [5.74, 6) is -0.421. The lowest BCUT2D eigenvalue weighted by Crippen LogP contribution is -2.39. The summed E-state index contributed by atoms with van der Waals surface area (Å²) in [7, 11) is -3.53. The van der Waals surface area contributed by atoms with Gasteiger partial charge in [0.05, 0.1) is 17.8 Å². The zero-order valence-electron chi connectivity index (χ0n) is 14.7. The van der Waals surface area contributed by atoms with E-state index in [1.165, 1.54) is 24.3 Å². The van der Waals surface area contributed by atoms with Gasteiger partial charge < -0.3 is 9.64 Å². The van der Waals surface area contributed by atoms with E-state index in [9.17, 15) is 26.4 Å². The highest BCUT2D eigenvalue weighted by Crippen LogP contribution is 2.46. The molecule has 0 aromatic heterocycles. The van der Waals surface area contributed by atoms with Crippen molar-refractivity contribution in [2.45, 2.75) is 44.6 Å².